The molecule has 0 spiro atoms. The van der Waals surface area contributed by atoms with Crippen LogP contribution < -0.4 is 24.3 Å². The molecule has 4 aliphatic rings. The van der Waals surface area contributed by atoms with Gasteiger partial charge in [0.05, 0.1) is 6.04 Å². The predicted molar refractivity (Wildman–Crippen MR) is 330 cm³/mol. The van der Waals surface area contributed by atoms with Crippen LogP contribution in [-0.4, -0.2) is 120 Å². The number of hydrogen-bond acceptors (Lipinski definition) is 9. The number of nitrogens with two attached hydrogens (primary N) is 1. The zero-order valence-electron chi connectivity index (χ0n) is 36.9. The van der Waals surface area contributed by atoms with E-state index in [4.69, 9.17) is 10.8 Å². The van der Waals surface area contributed by atoms with Crippen LogP contribution in [0.1, 0.15) is 186 Å². The van der Waals surface area contributed by atoms with Gasteiger partial charge in [-0.2, -0.15) is 0 Å². The van der Waals surface area contributed by atoms with Gasteiger partial charge in [-0.3, -0.25) is 28.6 Å². The number of aliphatic carboxylic acids is 1. The number of hydrogen-bond donors (Lipinski definition) is 3. The first-order valence-corrected chi connectivity index (χ1v) is 40.2. The number of carboxylic acids is 1. The number of halogens is 5. The van der Waals surface area contributed by atoms with Gasteiger partial charge < -0.3 is 30.9 Å². The van der Waals surface area contributed by atoms with Crippen molar-refractivity contribution in [2.45, 2.75) is 211 Å². The Hall–Kier alpha value is 1.75. The molecule has 4 unspecified atom stereocenters. The molecular formula is C43H107I5N8O5P3-. The summed E-state index contributed by atoms with van der Waals surface area (Å²) in [6.07, 6.45) is 9.61. The van der Waals surface area contributed by atoms with E-state index < -0.39 is 12.0 Å². The Morgan fingerprint density at radius 1 is 0.516 bits per heavy atom. The van der Waals surface area contributed by atoms with Crippen LogP contribution in [0.3, 0.4) is 0 Å². The minimum atomic E-state index is -0.921. The SMILES string of the molecule is C.C.C.C.C.C.C.C1CCNC1.CC.CC.CC.CC.CC(N)C(=O)N1CCCC1.CC(N=P)C(=O)N1CCCC1.CC(N=P)C(=O)N1CCCC1.CC(N=P)C(=O)O.II.I[I-]I. The third kappa shape index (κ3) is 65.8. The Balaban J connectivity index is -0.0000000377. The van der Waals surface area contributed by atoms with Crippen molar-refractivity contribution in [3.05, 3.63) is 0 Å². The van der Waals surface area contributed by atoms with E-state index in [1.54, 1.807) is 20.8 Å². The molecule has 64 heavy (non-hydrogen) atoms. The van der Waals surface area contributed by atoms with Gasteiger partial charge in [0.1, 0.15) is 18.1 Å². The summed E-state index contributed by atoms with van der Waals surface area (Å²) < 4.78 is 10.8. The molecule has 400 valence electrons. The molecule has 4 N–H and O–H groups in total. The quantitative estimate of drug-likeness (QED) is 0.168. The van der Waals surface area contributed by atoms with E-state index in [-0.39, 0.29) is 87.8 Å². The molecule has 0 aromatic rings. The number of amides is 3. The van der Waals surface area contributed by atoms with Crippen LogP contribution in [0.25, 0.3) is 0 Å². The van der Waals surface area contributed by atoms with Gasteiger partial charge in [-0.1, -0.05) is 107 Å². The number of nitrogens with zero attached hydrogens (tertiary/aromatic N) is 6. The van der Waals surface area contributed by atoms with Crippen molar-refractivity contribution in [3.63, 3.8) is 0 Å². The van der Waals surface area contributed by atoms with Crippen molar-refractivity contribution >= 4 is 125 Å². The van der Waals surface area contributed by atoms with Crippen molar-refractivity contribution in [1.29, 1.82) is 0 Å². The molecular weight excluding hydrogens is 1440 g/mol. The number of carboxylic acid groups (broad SMARTS) is 1. The van der Waals surface area contributed by atoms with Crippen LogP contribution in [0.2, 0.25) is 0 Å². The van der Waals surface area contributed by atoms with Gasteiger partial charge in [-0.05, 0) is 119 Å². The summed E-state index contributed by atoms with van der Waals surface area (Å²) in [5.74, 6) is -0.553. The van der Waals surface area contributed by atoms with Gasteiger partial charge >= 0.3 is 56.5 Å². The van der Waals surface area contributed by atoms with Crippen LogP contribution in [-0.2, 0) is 19.2 Å². The Bertz CT molecular complexity index is 896. The van der Waals surface area contributed by atoms with E-state index >= 15 is 0 Å². The van der Waals surface area contributed by atoms with E-state index in [2.05, 4.69) is 121 Å². The predicted octanol–water partition coefficient (Wildman–Crippen LogP) is 12.9. The van der Waals surface area contributed by atoms with Gasteiger partial charge in [0, 0.05) is 76.5 Å². The first-order chi connectivity index (χ1) is 27.3. The van der Waals surface area contributed by atoms with E-state index in [9.17, 15) is 19.2 Å². The monoisotopic (exact) mass is 1540 g/mol. The topological polar surface area (TPSA) is 173 Å². The summed E-state index contributed by atoms with van der Waals surface area (Å²) in [5.41, 5.74) is 5.42. The maximum absolute atomic E-state index is 11.4. The van der Waals surface area contributed by atoms with Crippen molar-refractivity contribution in [1.82, 2.24) is 20.0 Å². The first-order valence-electron chi connectivity index (χ1n) is 20.0. The van der Waals surface area contributed by atoms with Crippen LogP contribution >= 0.6 is 102 Å². The molecule has 13 nitrogen and oxygen atoms in total. The molecule has 4 saturated heterocycles. The molecule has 4 aliphatic heterocycles. The van der Waals surface area contributed by atoms with Crippen molar-refractivity contribution < 1.29 is 37.5 Å². The second kappa shape index (κ2) is 84.7. The summed E-state index contributed by atoms with van der Waals surface area (Å²) in [4.78, 5) is 49.3. The van der Waals surface area contributed by atoms with Gasteiger partial charge in [-0.25, -0.2) is 4.79 Å². The summed E-state index contributed by atoms with van der Waals surface area (Å²) in [5, 5.41) is 11.3. The standard InChI is InChI=1S/2C7H13N2OP.C7H14N2O.C4H9N.C3H6NO2P.4C2H6.7CH4.I3.I2/c2*1-6(8-11)7(10)9-4-2-3-5-9;1-6(8)7(10)9-4-2-3-5-9;1-2-4-5-3-1;1-2(4-7)3(5)6;4*1-2;;;;;;;;1-3-2;1-2/h2*6,11H,2-5H2,1H3;6H,2-5,8H2,1H3;5H,1-4H2;2,7H,1H3,(H,5,6);4*1-2H3;7*1H4;;/q;;;;;;;;;;;;;;;;-1;. The Kier molecular flexibility index (Phi) is 136. The van der Waals surface area contributed by atoms with Gasteiger partial charge in [0.15, 0.2) is 0 Å². The molecule has 0 aromatic heterocycles. The fraction of sp³-hybridized carbons (Fsp3) is 0.907. The van der Waals surface area contributed by atoms with Crippen LogP contribution in [0.15, 0.2) is 14.2 Å². The number of likely N-dealkylation sites (tertiary alicyclic amines) is 3. The molecule has 4 rings (SSSR count). The van der Waals surface area contributed by atoms with Crippen molar-refractivity contribution in [3.8, 4) is 0 Å². The van der Waals surface area contributed by atoms with E-state index in [1.807, 2.05) is 70.1 Å². The molecule has 3 amide bonds. The molecule has 4 heterocycles. The van der Waals surface area contributed by atoms with Gasteiger partial charge in [-0.15, -0.1) is 0 Å². The van der Waals surface area contributed by atoms with Crippen molar-refractivity contribution in [2.75, 3.05) is 52.4 Å². The number of carbonyl (C=O) groups excluding carboxylic acids is 3. The average Bonchev–Trinajstić information content (AvgIpc) is 4.13. The van der Waals surface area contributed by atoms with E-state index in [1.165, 1.54) is 32.9 Å². The minimum absolute atomic E-state index is 0. The number of carbonyl (C=O) groups is 4. The number of rotatable bonds is 7. The summed E-state index contributed by atoms with van der Waals surface area (Å²) in [6, 6.07) is -1.43. The van der Waals surface area contributed by atoms with Crippen LogP contribution in [0.5, 0.6) is 0 Å². The second-order valence-corrected chi connectivity index (χ2v) is 28.2. The molecule has 0 bridgehead atoms. The Morgan fingerprint density at radius 3 is 0.844 bits per heavy atom. The van der Waals surface area contributed by atoms with Gasteiger partial charge in [0.25, 0.3) is 0 Å². The molecule has 4 fully saturated rings. The van der Waals surface area contributed by atoms with E-state index in [0.717, 1.165) is 77.8 Å². The fourth-order valence-electron chi connectivity index (χ4n) is 4.42. The average molecular weight is 1540 g/mol. The normalized spacial score (nSPS) is 14.2. The summed E-state index contributed by atoms with van der Waals surface area (Å²) >= 11 is 9.54. The zero-order chi connectivity index (χ0) is 46.2. The maximum atomic E-state index is 11.4. The summed E-state index contributed by atoms with van der Waals surface area (Å²) in [7, 11) is 8.68. The first kappa shape index (κ1) is 103. The third-order valence-corrected chi connectivity index (χ3v) is 8.41. The fourth-order valence-corrected chi connectivity index (χ4v) is 4.75. The molecule has 21 heteroatoms. The van der Waals surface area contributed by atoms with Crippen LogP contribution in [0, 0.1) is 0 Å². The second-order valence-electron chi connectivity index (χ2n) is 11.2. The van der Waals surface area contributed by atoms with Gasteiger partial charge in [0.2, 0.25) is 17.7 Å². The molecule has 0 aromatic carbocycles. The Morgan fingerprint density at radius 2 is 0.719 bits per heavy atom. The molecule has 0 aliphatic carbocycles. The van der Waals surface area contributed by atoms with E-state index in [0.29, 0.717) is 13.3 Å². The number of nitrogens with one attached hydrogen (secondary N) is 1. The molecule has 0 radical (unpaired) electrons. The van der Waals surface area contributed by atoms with Crippen LogP contribution in [0.4, 0.5) is 0 Å². The third-order valence-electron chi connectivity index (χ3n) is 7.25. The molecule has 0 saturated carbocycles. The zero-order valence-corrected chi connectivity index (χ0v) is 50.6. The molecule has 4 atom stereocenters. The van der Waals surface area contributed by atoms with Crippen molar-refractivity contribution in [2.24, 2.45) is 20.0 Å². The summed E-state index contributed by atoms with van der Waals surface area (Å²) in [6.45, 7) is 30.8. The Labute approximate surface area is 460 Å².